The Balaban J connectivity index is 1.93. The summed E-state index contributed by atoms with van der Waals surface area (Å²) < 4.78 is 11.3. The van der Waals surface area contributed by atoms with Crippen molar-refractivity contribution in [3.8, 4) is 22.8 Å². The first-order chi connectivity index (χ1) is 14.3. The molecule has 0 unspecified atom stereocenters. The van der Waals surface area contributed by atoms with Crippen LogP contribution in [0.15, 0.2) is 48.7 Å². The quantitative estimate of drug-likeness (QED) is 0.413. The molecule has 3 N–H and O–H groups in total. The molecular weight excluding hydrogens is 362 g/mol. The van der Waals surface area contributed by atoms with Crippen molar-refractivity contribution in [3.63, 3.8) is 0 Å². The van der Waals surface area contributed by atoms with Crippen molar-refractivity contribution in [1.82, 2.24) is 9.97 Å². The molecule has 2 aromatic carbocycles. The fraction of sp³-hybridized carbons (Fsp3) is 0.292. The summed E-state index contributed by atoms with van der Waals surface area (Å²) in [5, 5.41) is 2.28. The van der Waals surface area contributed by atoms with Crippen LogP contribution < -0.4 is 15.2 Å². The van der Waals surface area contributed by atoms with Crippen LogP contribution in [0.25, 0.3) is 33.1 Å². The Labute approximate surface area is 170 Å². The monoisotopic (exact) mass is 389 g/mol. The average molecular weight is 389 g/mol. The molecule has 0 saturated heterocycles. The number of unbranched alkanes of at least 4 members (excludes halogenated alkanes) is 1. The molecule has 2 heterocycles. The van der Waals surface area contributed by atoms with E-state index in [1.54, 1.807) is 13.3 Å². The van der Waals surface area contributed by atoms with Gasteiger partial charge in [0.25, 0.3) is 0 Å². The maximum Gasteiger partial charge on any atom is 0.145 e. The fourth-order valence-corrected chi connectivity index (χ4v) is 3.95. The van der Waals surface area contributed by atoms with Crippen LogP contribution in [0.3, 0.4) is 0 Å². The molecule has 5 nitrogen and oxygen atoms in total. The highest BCUT2D eigenvalue weighted by molar-refractivity contribution is 6.01. The minimum absolute atomic E-state index is 0.653. The lowest BCUT2D eigenvalue weighted by Gasteiger charge is -2.11. The Bertz CT molecular complexity index is 1130. The third-order valence-corrected chi connectivity index (χ3v) is 5.29. The molecule has 0 radical (unpaired) electrons. The van der Waals surface area contributed by atoms with Gasteiger partial charge in [0.15, 0.2) is 0 Å². The summed E-state index contributed by atoms with van der Waals surface area (Å²) in [7, 11) is 1.68. The zero-order chi connectivity index (χ0) is 20.2. The van der Waals surface area contributed by atoms with Gasteiger partial charge in [0.1, 0.15) is 17.0 Å². The Morgan fingerprint density at radius 2 is 1.97 bits per heavy atom. The molecule has 0 aliphatic heterocycles. The molecule has 0 saturated carbocycles. The number of pyridine rings is 1. The molecule has 0 atom stereocenters. The van der Waals surface area contributed by atoms with Gasteiger partial charge in [0.05, 0.1) is 19.4 Å². The number of methoxy groups -OCH3 is 1. The molecule has 0 aliphatic carbocycles. The number of H-pyrrole nitrogens is 1. The zero-order valence-electron chi connectivity index (χ0n) is 17.0. The van der Waals surface area contributed by atoms with E-state index in [1.807, 2.05) is 25.1 Å². The van der Waals surface area contributed by atoms with Crippen molar-refractivity contribution in [1.29, 1.82) is 0 Å². The van der Waals surface area contributed by atoms with Gasteiger partial charge in [0.2, 0.25) is 0 Å². The molecule has 0 fully saturated rings. The van der Waals surface area contributed by atoms with Gasteiger partial charge in [-0.1, -0.05) is 6.07 Å². The molecule has 0 bridgehead atoms. The molecule has 2 aromatic heterocycles. The summed E-state index contributed by atoms with van der Waals surface area (Å²) in [5.74, 6) is 1.68. The molecule has 0 amide bonds. The topological polar surface area (TPSA) is 73.2 Å². The van der Waals surface area contributed by atoms with Gasteiger partial charge in [-0.2, -0.15) is 0 Å². The van der Waals surface area contributed by atoms with E-state index in [9.17, 15) is 0 Å². The molecule has 5 heteroatoms. The SMILES string of the molecule is CCOc1ccc2[nH]c(-c3ccc(OC)c4ncccc34)c(CCCCN)c2c1. The number of aromatic nitrogens is 2. The number of aryl methyl sites for hydroxylation is 1. The number of fused-ring (bicyclic) bond motifs is 2. The molecule has 4 aromatic rings. The summed E-state index contributed by atoms with van der Waals surface area (Å²) >= 11 is 0. The number of rotatable bonds is 8. The summed E-state index contributed by atoms with van der Waals surface area (Å²) in [6, 6.07) is 14.4. The molecule has 0 aliphatic rings. The van der Waals surface area contributed by atoms with Crippen molar-refractivity contribution in [3.05, 3.63) is 54.2 Å². The lowest BCUT2D eigenvalue weighted by Crippen LogP contribution is -1.99. The van der Waals surface area contributed by atoms with Crippen LogP contribution in [-0.4, -0.2) is 30.2 Å². The minimum atomic E-state index is 0.653. The Kier molecular flexibility index (Phi) is 5.67. The van der Waals surface area contributed by atoms with Gasteiger partial charge in [-0.15, -0.1) is 0 Å². The normalized spacial score (nSPS) is 11.3. The van der Waals surface area contributed by atoms with Crippen LogP contribution in [0.1, 0.15) is 25.3 Å². The third kappa shape index (κ3) is 3.66. The van der Waals surface area contributed by atoms with Crippen LogP contribution in [0.4, 0.5) is 0 Å². The van der Waals surface area contributed by atoms with Gasteiger partial charge >= 0.3 is 0 Å². The molecular formula is C24H27N3O2. The van der Waals surface area contributed by atoms with E-state index >= 15 is 0 Å². The van der Waals surface area contributed by atoms with E-state index < -0.39 is 0 Å². The Hall–Kier alpha value is -3.05. The van der Waals surface area contributed by atoms with Crippen LogP contribution in [0.2, 0.25) is 0 Å². The minimum Gasteiger partial charge on any atom is -0.494 e. The number of nitrogens with two attached hydrogens (primary N) is 1. The highest BCUT2D eigenvalue weighted by atomic mass is 16.5. The van der Waals surface area contributed by atoms with Crippen LogP contribution >= 0.6 is 0 Å². The molecule has 4 rings (SSSR count). The average Bonchev–Trinajstić information content (AvgIpc) is 3.11. The van der Waals surface area contributed by atoms with Gasteiger partial charge < -0.3 is 20.2 Å². The first kappa shape index (κ1) is 19.3. The van der Waals surface area contributed by atoms with Crippen molar-refractivity contribution in [2.45, 2.75) is 26.2 Å². The van der Waals surface area contributed by atoms with Gasteiger partial charge in [-0.3, -0.25) is 4.98 Å². The Morgan fingerprint density at radius 3 is 2.76 bits per heavy atom. The maximum absolute atomic E-state index is 5.75. The van der Waals surface area contributed by atoms with E-state index in [0.717, 1.165) is 58.4 Å². The fourth-order valence-electron chi connectivity index (χ4n) is 3.95. The number of aromatic amines is 1. The lowest BCUT2D eigenvalue weighted by molar-refractivity contribution is 0.340. The smallest absolute Gasteiger partial charge is 0.145 e. The van der Waals surface area contributed by atoms with Crippen molar-refractivity contribution in [2.75, 3.05) is 20.3 Å². The number of nitrogens with one attached hydrogen (secondary N) is 1. The summed E-state index contributed by atoms with van der Waals surface area (Å²) in [6.07, 6.45) is 4.80. The molecule has 29 heavy (non-hydrogen) atoms. The van der Waals surface area contributed by atoms with E-state index in [4.69, 9.17) is 15.2 Å². The van der Waals surface area contributed by atoms with E-state index in [-0.39, 0.29) is 0 Å². The van der Waals surface area contributed by atoms with Gasteiger partial charge in [-0.05, 0) is 74.7 Å². The summed E-state index contributed by atoms with van der Waals surface area (Å²) in [5.41, 5.74) is 11.3. The van der Waals surface area contributed by atoms with Crippen LogP contribution in [0, 0.1) is 0 Å². The van der Waals surface area contributed by atoms with Gasteiger partial charge in [0, 0.05) is 28.0 Å². The lowest BCUT2D eigenvalue weighted by atomic mass is 9.97. The van der Waals surface area contributed by atoms with E-state index in [2.05, 4.69) is 34.2 Å². The van der Waals surface area contributed by atoms with Crippen molar-refractivity contribution in [2.24, 2.45) is 5.73 Å². The Morgan fingerprint density at radius 1 is 1.07 bits per heavy atom. The number of hydrogen-bond donors (Lipinski definition) is 2. The molecule has 0 spiro atoms. The van der Waals surface area contributed by atoms with Gasteiger partial charge in [-0.25, -0.2) is 0 Å². The number of nitrogens with zero attached hydrogens (tertiary/aromatic N) is 1. The highest BCUT2D eigenvalue weighted by Gasteiger charge is 2.17. The largest absolute Gasteiger partial charge is 0.494 e. The van der Waals surface area contributed by atoms with Crippen molar-refractivity contribution >= 4 is 21.8 Å². The number of hydrogen-bond acceptors (Lipinski definition) is 4. The van der Waals surface area contributed by atoms with Crippen LogP contribution in [0.5, 0.6) is 11.5 Å². The van der Waals surface area contributed by atoms with E-state index in [1.165, 1.54) is 10.9 Å². The first-order valence-electron chi connectivity index (χ1n) is 10.2. The second-order valence-corrected chi connectivity index (χ2v) is 7.08. The van der Waals surface area contributed by atoms with E-state index in [0.29, 0.717) is 13.2 Å². The predicted molar refractivity (Wildman–Crippen MR) is 119 cm³/mol. The third-order valence-electron chi connectivity index (χ3n) is 5.29. The summed E-state index contributed by atoms with van der Waals surface area (Å²) in [6.45, 7) is 3.36. The highest BCUT2D eigenvalue weighted by Crippen LogP contribution is 2.38. The summed E-state index contributed by atoms with van der Waals surface area (Å²) in [4.78, 5) is 8.21. The molecule has 150 valence electrons. The maximum atomic E-state index is 5.75. The number of benzene rings is 2. The first-order valence-corrected chi connectivity index (χ1v) is 10.2. The van der Waals surface area contributed by atoms with Crippen LogP contribution in [-0.2, 0) is 6.42 Å². The predicted octanol–water partition coefficient (Wildman–Crippen LogP) is 5.07. The van der Waals surface area contributed by atoms with Crippen molar-refractivity contribution < 1.29 is 9.47 Å². The number of ether oxygens (including phenoxy) is 2. The second kappa shape index (κ2) is 8.53. The second-order valence-electron chi connectivity index (χ2n) is 7.08. The zero-order valence-corrected chi connectivity index (χ0v) is 17.0. The standard InChI is InChI=1S/C24H27N3O2/c1-3-29-16-9-11-21-20(15-16)18(7-4-5-13-25)23(27-21)19-10-12-22(28-2)24-17(19)8-6-14-26-24/h6,8-12,14-15,27H,3-5,7,13,25H2,1-2H3.